The number of nitrogens with one attached hydrogen (secondary N) is 2. The molecule has 1 aliphatic rings. The molecule has 13 heteroatoms. The Labute approximate surface area is 199 Å². The average molecular weight is 528 g/mol. The predicted molar refractivity (Wildman–Crippen MR) is 112 cm³/mol. The Hall–Kier alpha value is -2.53. The van der Waals surface area contributed by atoms with Crippen LogP contribution in [-0.2, 0) is 26.6 Å². The third-order valence-corrected chi connectivity index (χ3v) is 5.84. The predicted octanol–water partition coefficient (Wildman–Crippen LogP) is 5.21. The highest BCUT2D eigenvalue weighted by Gasteiger charge is 2.59. The van der Waals surface area contributed by atoms with Crippen molar-refractivity contribution in [2.45, 2.75) is 24.7 Å². The van der Waals surface area contributed by atoms with Gasteiger partial charge in [0.2, 0.25) is 11.5 Å². The zero-order valence-corrected chi connectivity index (χ0v) is 18.5. The molecule has 3 rings (SSSR count). The van der Waals surface area contributed by atoms with Crippen molar-refractivity contribution in [1.29, 1.82) is 0 Å². The molecule has 0 radical (unpaired) electrons. The first kappa shape index (κ1) is 25.1. The number of carboxylic acid groups (broad SMARTS) is 1. The van der Waals surface area contributed by atoms with E-state index in [-0.39, 0.29) is 38.4 Å². The lowest BCUT2D eigenvalue weighted by atomic mass is 9.91. The number of rotatable bonds is 6. The highest BCUT2D eigenvalue weighted by molar-refractivity contribution is 6.48. The lowest BCUT2D eigenvalue weighted by molar-refractivity contribution is -0.269. The highest BCUT2D eigenvalue weighted by Crippen LogP contribution is 2.49. The second-order valence-corrected chi connectivity index (χ2v) is 8.10. The molecule has 3 N–H and O–H groups in total. The van der Waals surface area contributed by atoms with E-state index < -0.39 is 41.5 Å². The SMILES string of the molecule is O=C(O)CC(=O)NCc1cc(C2=CC(c3cc(Cl)c(Cl)c(Cl)c3)(C(F)(F)F)ON2)ccc1F. The Morgan fingerprint density at radius 2 is 1.76 bits per heavy atom. The Balaban J connectivity index is 1.98. The van der Waals surface area contributed by atoms with Crippen molar-refractivity contribution in [3.8, 4) is 0 Å². The number of benzene rings is 2. The maximum atomic E-state index is 14.1. The zero-order chi connectivity index (χ0) is 24.6. The largest absolute Gasteiger partial charge is 0.481 e. The van der Waals surface area contributed by atoms with Gasteiger partial charge < -0.3 is 10.4 Å². The van der Waals surface area contributed by atoms with Crippen LogP contribution in [0.25, 0.3) is 5.70 Å². The van der Waals surface area contributed by atoms with Crippen molar-refractivity contribution in [2.75, 3.05) is 0 Å². The van der Waals surface area contributed by atoms with Gasteiger partial charge in [-0.05, 0) is 36.4 Å². The molecule has 0 spiro atoms. The number of carboxylic acids is 1. The summed E-state index contributed by atoms with van der Waals surface area (Å²) in [5, 5.41) is 10.3. The van der Waals surface area contributed by atoms with Crippen molar-refractivity contribution in [3.05, 3.63) is 74.0 Å². The quantitative estimate of drug-likeness (QED) is 0.273. The molecule has 176 valence electrons. The number of hydroxylamine groups is 1. The van der Waals surface area contributed by atoms with Crippen molar-refractivity contribution >= 4 is 52.4 Å². The lowest BCUT2D eigenvalue weighted by Gasteiger charge is -2.29. The molecule has 0 saturated carbocycles. The number of aliphatic carboxylic acids is 1. The van der Waals surface area contributed by atoms with Gasteiger partial charge in [-0.15, -0.1) is 0 Å². The zero-order valence-electron chi connectivity index (χ0n) is 16.2. The monoisotopic (exact) mass is 526 g/mol. The van der Waals surface area contributed by atoms with Crippen LogP contribution in [0.4, 0.5) is 17.6 Å². The first-order valence-corrected chi connectivity index (χ1v) is 10.1. The van der Waals surface area contributed by atoms with E-state index in [9.17, 15) is 27.2 Å². The van der Waals surface area contributed by atoms with E-state index in [0.29, 0.717) is 0 Å². The molecule has 6 nitrogen and oxygen atoms in total. The maximum absolute atomic E-state index is 14.1. The van der Waals surface area contributed by atoms with Gasteiger partial charge >= 0.3 is 12.1 Å². The number of carbonyl (C=O) groups is 2. The molecule has 1 amide bonds. The normalized spacial score (nSPS) is 18.0. The lowest BCUT2D eigenvalue weighted by Crippen LogP contribution is -2.42. The summed E-state index contributed by atoms with van der Waals surface area (Å²) in [7, 11) is 0. The number of hydrogen-bond donors (Lipinski definition) is 3. The summed E-state index contributed by atoms with van der Waals surface area (Å²) in [4.78, 5) is 27.0. The van der Waals surface area contributed by atoms with Crippen LogP contribution in [0.3, 0.4) is 0 Å². The van der Waals surface area contributed by atoms with E-state index in [1.54, 1.807) is 0 Å². The molecule has 0 aliphatic carbocycles. The third kappa shape index (κ3) is 5.19. The van der Waals surface area contributed by atoms with E-state index >= 15 is 0 Å². The van der Waals surface area contributed by atoms with Crippen LogP contribution in [0, 0.1) is 5.82 Å². The molecule has 2 aromatic carbocycles. The van der Waals surface area contributed by atoms with E-state index in [0.717, 1.165) is 24.3 Å². The van der Waals surface area contributed by atoms with Crippen molar-refractivity contribution in [3.63, 3.8) is 0 Å². The molecular formula is C20H13Cl3F4N2O4. The van der Waals surface area contributed by atoms with Crippen LogP contribution >= 0.6 is 34.8 Å². The Morgan fingerprint density at radius 3 is 2.33 bits per heavy atom. The van der Waals surface area contributed by atoms with Crippen molar-refractivity contribution < 1.29 is 37.1 Å². The molecule has 1 heterocycles. The second-order valence-electron chi connectivity index (χ2n) is 6.90. The van der Waals surface area contributed by atoms with Gasteiger partial charge in [0.1, 0.15) is 12.2 Å². The molecule has 0 aromatic heterocycles. The van der Waals surface area contributed by atoms with Crippen LogP contribution < -0.4 is 10.8 Å². The van der Waals surface area contributed by atoms with Gasteiger partial charge in [-0.1, -0.05) is 34.8 Å². The second kappa shape index (κ2) is 9.38. The Bertz CT molecular complexity index is 1130. The molecule has 1 unspecified atom stereocenters. The summed E-state index contributed by atoms with van der Waals surface area (Å²) in [6.07, 6.45) is -5.04. The molecule has 0 fully saturated rings. The van der Waals surface area contributed by atoms with E-state index in [1.165, 1.54) is 12.1 Å². The fraction of sp³-hybridized carbons (Fsp3) is 0.200. The highest BCUT2D eigenvalue weighted by atomic mass is 35.5. The van der Waals surface area contributed by atoms with Crippen LogP contribution in [-0.4, -0.2) is 23.2 Å². The van der Waals surface area contributed by atoms with Gasteiger partial charge in [-0.25, -0.2) is 4.39 Å². The minimum atomic E-state index is -4.96. The fourth-order valence-electron chi connectivity index (χ4n) is 3.03. The third-order valence-electron chi connectivity index (χ3n) is 4.65. The number of carbonyl (C=O) groups excluding carboxylic acids is 1. The van der Waals surface area contributed by atoms with Gasteiger partial charge in [-0.2, -0.15) is 13.2 Å². The fourth-order valence-corrected chi connectivity index (χ4v) is 3.62. The standard InChI is InChI=1S/C20H13Cl3F4N2O4/c21-12-4-11(5-13(22)18(12)23)19(20(25,26)27)7-15(29-33-19)9-1-2-14(24)10(3-9)8-28-16(30)6-17(31)32/h1-5,7,29H,6,8H2,(H,28,30)(H,31,32). The summed E-state index contributed by atoms with van der Waals surface area (Å²) < 4.78 is 56.5. The Kier molecular flexibility index (Phi) is 7.13. The number of halogens is 7. The molecule has 2 aromatic rings. The molecule has 0 bridgehead atoms. The first-order chi connectivity index (χ1) is 15.3. The van der Waals surface area contributed by atoms with Gasteiger partial charge in [0.25, 0.3) is 0 Å². The van der Waals surface area contributed by atoms with E-state index in [2.05, 4.69) is 10.8 Å². The molecule has 1 aliphatic heterocycles. The molecule has 0 saturated heterocycles. The number of amides is 1. The van der Waals surface area contributed by atoms with E-state index in [4.69, 9.17) is 44.7 Å². The van der Waals surface area contributed by atoms with Crippen LogP contribution in [0.5, 0.6) is 0 Å². The summed E-state index contributed by atoms with van der Waals surface area (Å²) in [5.74, 6) is -2.99. The van der Waals surface area contributed by atoms with Crippen LogP contribution in [0.15, 0.2) is 36.4 Å². The summed E-state index contributed by atoms with van der Waals surface area (Å²) >= 11 is 17.6. The van der Waals surface area contributed by atoms with Crippen molar-refractivity contribution in [2.24, 2.45) is 0 Å². The summed E-state index contributed by atoms with van der Waals surface area (Å²) in [5.41, 5.74) is -1.36. The first-order valence-electron chi connectivity index (χ1n) is 9.00. The van der Waals surface area contributed by atoms with Gasteiger partial charge in [0.15, 0.2) is 0 Å². The Morgan fingerprint density at radius 1 is 1.12 bits per heavy atom. The molecule has 33 heavy (non-hydrogen) atoms. The summed E-state index contributed by atoms with van der Waals surface area (Å²) in [6, 6.07) is 5.32. The smallest absolute Gasteiger partial charge is 0.428 e. The number of alkyl halides is 3. The van der Waals surface area contributed by atoms with Crippen LogP contribution in [0.2, 0.25) is 15.1 Å². The van der Waals surface area contributed by atoms with Crippen LogP contribution in [0.1, 0.15) is 23.1 Å². The average Bonchev–Trinajstić information content (AvgIpc) is 3.17. The van der Waals surface area contributed by atoms with Gasteiger partial charge in [0, 0.05) is 23.2 Å². The van der Waals surface area contributed by atoms with Gasteiger partial charge in [-0.3, -0.25) is 19.9 Å². The van der Waals surface area contributed by atoms with E-state index in [1.807, 2.05) is 0 Å². The number of hydrogen-bond acceptors (Lipinski definition) is 4. The topological polar surface area (TPSA) is 87.7 Å². The summed E-state index contributed by atoms with van der Waals surface area (Å²) in [6.45, 7) is -0.382. The molecule has 1 atom stereocenters. The van der Waals surface area contributed by atoms with Gasteiger partial charge in [0.05, 0.1) is 20.8 Å². The van der Waals surface area contributed by atoms with Crippen molar-refractivity contribution in [1.82, 2.24) is 10.8 Å². The minimum Gasteiger partial charge on any atom is -0.481 e. The maximum Gasteiger partial charge on any atom is 0.428 e. The molecular weight excluding hydrogens is 515 g/mol. The minimum absolute atomic E-state index is 0.0870.